The molecule has 29 heavy (non-hydrogen) atoms. The number of phenols is 1. The molecule has 0 fully saturated rings. The van der Waals surface area contributed by atoms with Crippen LogP contribution in [0.15, 0.2) is 53.6 Å². The van der Waals surface area contributed by atoms with Gasteiger partial charge in [-0.3, -0.25) is 19.7 Å². The first-order valence-electron chi connectivity index (χ1n) is 8.42. The van der Waals surface area contributed by atoms with Crippen LogP contribution >= 0.6 is 0 Å². The van der Waals surface area contributed by atoms with Crippen LogP contribution in [-0.4, -0.2) is 40.2 Å². The second-order valence-corrected chi connectivity index (χ2v) is 6.21. The highest BCUT2D eigenvalue weighted by atomic mass is 16.6. The van der Waals surface area contributed by atoms with Crippen molar-refractivity contribution >= 4 is 34.5 Å². The third-order valence-corrected chi connectivity index (χ3v) is 4.61. The van der Waals surface area contributed by atoms with E-state index in [9.17, 15) is 24.8 Å². The largest absolute Gasteiger partial charge is 0.507 e. The first-order chi connectivity index (χ1) is 13.9. The molecule has 1 aliphatic heterocycles. The lowest BCUT2D eigenvalue weighted by molar-refractivity contribution is -0.383. The van der Waals surface area contributed by atoms with E-state index >= 15 is 0 Å². The van der Waals surface area contributed by atoms with Gasteiger partial charge in [0, 0.05) is 17.0 Å². The predicted octanol–water partition coefficient (Wildman–Crippen LogP) is 3.09. The summed E-state index contributed by atoms with van der Waals surface area (Å²) in [5.41, 5.74) is 0.322. The minimum Gasteiger partial charge on any atom is -0.507 e. The monoisotopic (exact) mass is 391 g/mol. The number of amides is 2. The quantitative estimate of drug-likeness (QED) is 0.316. The number of carbonyl (C=O) groups is 2. The Labute approximate surface area is 163 Å². The van der Waals surface area contributed by atoms with Gasteiger partial charge in [0.05, 0.1) is 34.8 Å². The van der Waals surface area contributed by atoms with E-state index in [1.54, 1.807) is 6.07 Å². The first-order valence-corrected chi connectivity index (χ1v) is 8.42. The highest BCUT2D eigenvalue weighted by Gasteiger charge is 2.34. The van der Waals surface area contributed by atoms with Crippen LogP contribution in [0.2, 0.25) is 0 Å². The average molecular weight is 391 g/mol. The Hall–Kier alpha value is -4.27. The smallest absolute Gasteiger partial charge is 0.282 e. The van der Waals surface area contributed by atoms with Gasteiger partial charge in [-0.05, 0) is 36.4 Å². The molecule has 2 amide bonds. The van der Waals surface area contributed by atoms with Gasteiger partial charge in [0.2, 0.25) is 0 Å². The van der Waals surface area contributed by atoms with E-state index in [-0.39, 0.29) is 38.9 Å². The molecule has 0 bridgehead atoms. The molecule has 3 aromatic rings. The fourth-order valence-corrected chi connectivity index (χ4v) is 3.22. The molecule has 4 rings (SSSR count). The number of rotatable bonds is 4. The van der Waals surface area contributed by atoms with E-state index in [4.69, 9.17) is 4.74 Å². The van der Waals surface area contributed by atoms with Crippen LogP contribution in [0.1, 0.15) is 26.3 Å². The van der Waals surface area contributed by atoms with Crippen LogP contribution in [0.25, 0.3) is 10.8 Å². The Bertz CT molecular complexity index is 1210. The van der Waals surface area contributed by atoms with Gasteiger partial charge >= 0.3 is 0 Å². The van der Waals surface area contributed by atoms with Crippen LogP contribution in [0.3, 0.4) is 0 Å². The number of carbonyl (C=O) groups excluding carboxylic acids is 2. The molecular formula is C20H13N3O6. The number of nitrogens with zero attached hydrogens (tertiary/aromatic N) is 3. The zero-order valence-electron chi connectivity index (χ0n) is 15.0. The van der Waals surface area contributed by atoms with E-state index in [1.165, 1.54) is 55.8 Å². The second-order valence-electron chi connectivity index (χ2n) is 6.21. The Kier molecular flexibility index (Phi) is 4.19. The summed E-state index contributed by atoms with van der Waals surface area (Å²) in [5, 5.41) is 26.3. The lowest BCUT2D eigenvalue weighted by atomic mass is 9.94. The Morgan fingerprint density at radius 2 is 1.83 bits per heavy atom. The van der Waals surface area contributed by atoms with Crippen molar-refractivity contribution in [2.75, 3.05) is 7.11 Å². The summed E-state index contributed by atoms with van der Waals surface area (Å²) in [4.78, 5) is 36.4. The van der Waals surface area contributed by atoms with Crippen molar-refractivity contribution in [2.45, 2.75) is 0 Å². The summed E-state index contributed by atoms with van der Waals surface area (Å²) < 4.78 is 5.08. The number of non-ortho nitro benzene ring substituents is 1. The fourth-order valence-electron chi connectivity index (χ4n) is 3.22. The molecule has 9 nitrogen and oxygen atoms in total. The summed E-state index contributed by atoms with van der Waals surface area (Å²) in [6.45, 7) is 0. The van der Waals surface area contributed by atoms with Crippen molar-refractivity contribution in [3.63, 3.8) is 0 Å². The lowest BCUT2D eigenvalue weighted by Gasteiger charge is -2.23. The number of ether oxygens (including phenoxy) is 1. The van der Waals surface area contributed by atoms with Crippen LogP contribution in [0.5, 0.6) is 11.5 Å². The number of phenolic OH excluding ortho intramolecular Hbond substituents is 1. The molecule has 0 unspecified atom stereocenters. The number of imide groups is 1. The standard InChI is InChI=1S/C20H13N3O6/c1-29-12-5-8-17(24)11(9-12)10-21-22-19(25)14-4-2-3-13-16(23(27)28)7-6-15(18(13)14)20(22)26/h2-10,24H,1H3/b21-10+. The maximum absolute atomic E-state index is 12.9. The van der Waals surface area contributed by atoms with Gasteiger partial charge in [-0.15, -0.1) is 0 Å². The molecule has 9 heteroatoms. The van der Waals surface area contributed by atoms with E-state index in [2.05, 4.69) is 5.10 Å². The molecule has 0 atom stereocenters. The minimum absolute atomic E-state index is 0.107. The summed E-state index contributed by atoms with van der Waals surface area (Å²) in [6.07, 6.45) is 1.17. The number of hydrogen-bond donors (Lipinski definition) is 1. The lowest BCUT2D eigenvalue weighted by Crippen LogP contribution is -2.36. The fraction of sp³-hybridized carbons (Fsp3) is 0.0500. The molecule has 0 saturated carbocycles. The van der Waals surface area contributed by atoms with Crippen LogP contribution in [-0.2, 0) is 0 Å². The van der Waals surface area contributed by atoms with E-state index in [0.717, 1.165) is 0 Å². The van der Waals surface area contributed by atoms with Gasteiger partial charge in [0.15, 0.2) is 0 Å². The molecule has 144 valence electrons. The van der Waals surface area contributed by atoms with Crippen molar-refractivity contribution in [1.82, 2.24) is 5.01 Å². The van der Waals surface area contributed by atoms with Gasteiger partial charge in [-0.2, -0.15) is 10.1 Å². The number of nitro groups is 1. The van der Waals surface area contributed by atoms with Gasteiger partial charge in [-0.1, -0.05) is 6.07 Å². The molecule has 0 saturated heterocycles. The van der Waals surface area contributed by atoms with Gasteiger partial charge in [0.1, 0.15) is 11.5 Å². The molecule has 1 aliphatic rings. The summed E-state index contributed by atoms with van der Waals surface area (Å²) in [6, 6.07) is 11.5. The topological polar surface area (TPSA) is 122 Å². The minimum atomic E-state index is -0.716. The summed E-state index contributed by atoms with van der Waals surface area (Å²) in [5.74, 6) is -1.08. The highest BCUT2D eigenvalue weighted by Crippen LogP contribution is 2.35. The zero-order valence-corrected chi connectivity index (χ0v) is 15.0. The molecular weight excluding hydrogens is 378 g/mol. The molecule has 0 aliphatic carbocycles. The van der Waals surface area contributed by atoms with Crippen molar-refractivity contribution < 1.29 is 24.4 Å². The Morgan fingerprint density at radius 1 is 1.10 bits per heavy atom. The van der Waals surface area contributed by atoms with Gasteiger partial charge in [0.25, 0.3) is 17.5 Å². The SMILES string of the molecule is COc1ccc(O)c(/C=N/N2C(=O)c3cccc4c([N+](=O)[O-])ccc(c34)C2=O)c1. The third-order valence-electron chi connectivity index (χ3n) is 4.61. The second kappa shape index (κ2) is 6.71. The van der Waals surface area contributed by atoms with Gasteiger partial charge in [-0.25, -0.2) is 0 Å². The predicted molar refractivity (Wildman–Crippen MR) is 103 cm³/mol. The maximum atomic E-state index is 12.9. The highest BCUT2D eigenvalue weighted by molar-refractivity contribution is 6.26. The summed E-state index contributed by atoms with van der Waals surface area (Å²) in [7, 11) is 1.46. The number of nitro benzene ring substituents is 1. The van der Waals surface area contributed by atoms with E-state index in [1.807, 2.05) is 0 Å². The molecule has 0 spiro atoms. The molecule has 1 heterocycles. The van der Waals surface area contributed by atoms with Crippen LogP contribution in [0.4, 0.5) is 5.69 Å². The number of hydrazone groups is 1. The molecule has 3 aromatic carbocycles. The van der Waals surface area contributed by atoms with Gasteiger partial charge < -0.3 is 9.84 Å². The number of hydrogen-bond acceptors (Lipinski definition) is 7. The van der Waals surface area contributed by atoms with E-state index in [0.29, 0.717) is 10.8 Å². The molecule has 1 N–H and O–H groups in total. The van der Waals surface area contributed by atoms with Crippen molar-refractivity contribution in [3.8, 4) is 11.5 Å². The van der Waals surface area contributed by atoms with Crippen molar-refractivity contribution in [2.24, 2.45) is 5.10 Å². The number of aromatic hydroxyl groups is 1. The average Bonchev–Trinajstić information content (AvgIpc) is 2.72. The summed E-state index contributed by atoms with van der Waals surface area (Å²) >= 11 is 0. The van der Waals surface area contributed by atoms with Crippen LogP contribution in [0, 0.1) is 10.1 Å². The Morgan fingerprint density at radius 3 is 2.52 bits per heavy atom. The number of benzene rings is 3. The number of methoxy groups -OCH3 is 1. The first kappa shape index (κ1) is 18.1. The Balaban J connectivity index is 1.81. The molecule has 0 radical (unpaired) electrons. The van der Waals surface area contributed by atoms with Crippen LogP contribution < -0.4 is 4.74 Å². The molecule has 0 aromatic heterocycles. The third kappa shape index (κ3) is 2.85. The zero-order chi connectivity index (χ0) is 20.7. The maximum Gasteiger partial charge on any atom is 0.282 e. The normalized spacial score (nSPS) is 13.3. The van der Waals surface area contributed by atoms with Crippen molar-refractivity contribution in [3.05, 3.63) is 75.3 Å². The van der Waals surface area contributed by atoms with Crippen molar-refractivity contribution in [1.29, 1.82) is 0 Å². The van der Waals surface area contributed by atoms with E-state index < -0.39 is 16.7 Å².